The number of nitrogens with two attached hydrogens (primary N) is 1. The quantitative estimate of drug-likeness (QED) is 0.857. The Morgan fingerprint density at radius 3 is 3.00 bits per heavy atom. The van der Waals surface area contributed by atoms with Gasteiger partial charge in [0.1, 0.15) is 6.61 Å². The van der Waals surface area contributed by atoms with Crippen molar-refractivity contribution in [1.29, 1.82) is 0 Å². The SMILES string of the molecule is Cc1ccc(-c2noc(COCCN)n2)c(Br)c1. The molecule has 2 rings (SSSR count). The summed E-state index contributed by atoms with van der Waals surface area (Å²) in [5.74, 6) is 0.999. The van der Waals surface area contributed by atoms with E-state index in [1.54, 1.807) is 0 Å². The summed E-state index contributed by atoms with van der Waals surface area (Å²) in [5, 5.41) is 3.93. The van der Waals surface area contributed by atoms with Gasteiger partial charge in [-0.15, -0.1) is 0 Å². The van der Waals surface area contributed by atoms with Crippen molar-refractivity contribution in [2.45, 2.75) is 13.5 Å². The van der Waals surface area contributed by atoms with E-state index in [0.717, 1.165) is 10.0 Å². The molecule has 0 spiro atoms. The van der Waals surface area contributed by atoms with Crippen LogP contribution < -0.4 is 5.73 Å². The fourth-order valence-corrected chi connectivity index (χ4v) is 2.14. The summed E-state index contributed by atoms with van der Waals surface area (Å²) in [6.45, 7) is 3.26. The molecule has 1 heterocycles. The number of benzene rings is 1. The molecule has 0 aliphatic heterocycles. The second-order valence-electron chi connectivity index (χ2n) is 3.84. The molecule has 0 atom stereocenters. The van der Waals surface area contributed by atoms with Crippen LogP contribution in [0.15, 0.2) is 27.2 Å². The van der Waals surface area contributed by atoms with E-state index in [9.17, 15) is 0 Å². The standard InChI is InChI=1S/C12H14BrN3O2/c1-8-2-3-9(10(13)6-8)12-15-11(18-16-12)7-17-5-4-14/h2-3,6H,4-5,7,14H2,1H3. The first-order chi connectivity index (χ1) is 8.70. The molecule has 0 saturated heterocycles. The summed E-state index contributed by atoms with van der Waals surface area (Å²) in [6.07, 6.45) is 0. The van der Waals surface area contributed by atoms with Crippen LogP contribution in [-0.2, 0) is 11.3 Å². The Morgan fingerprint density at radius 1 is 1.44 bits per heavy atom. The molecule has 0 unspecified atom stereocenters. The first-order valence-corrected chi connectivity index (χ1v) is 6.37. The highest BCUT2D eigenvalue weighted by Crippen LogP contribution is 2.26. The van der Waals surface area contributed by atoms with E-state index < -0.39 is 0 Å². The number of rotatable bonds is 5. The van der Waals surface area contributed by atoms with Gasteiger partial charge in [0.15, 0.2) is 0 Å². The third-order valence-corrected chi connectivity index (χ3v) is 2.98. The average Bonchev–Trinajstić information content (AvgIpc) is 2.78. The molecule has 0 saturated carbocycles. The second kappa shape index (κ2) is 6.08. The Morgan fingerprint density at radius 2 is 2.28 bits per heavy atom. The molecule has 96 valence electrons. The second-order valence-corrected chi connectivity index (χ2v) is 4.69. The molecule has 2 N–H and O–H groups in total. The van der Waals surface area contributed by atoms with E-state index >= 15 is 0 Å². The summed E-state index contributed by atoms with van der Waals surface area (Å²) >= 11 is 3.49. The molecular formula is C12H14BrN3O2. The molecule has 0 amide bonds. The maximum absolute atomic E-state index is 5.33. The minimum Gasteiger partial charge on any atom is -0.370 e. The van der Waals surface area contributed by atoms with Crippen molar-refractivity contribution in [3.63, 3.8) is 0 Å². The monoisotopic (exact) mass is 311 g/mol. The van der Waals surface area contributed by atoms with E-state index in [1.165, 1.54) is 5.56 Å². The van der Waals surface area contributed by atoms with Gasteiger partial charge in [-0.2, -0.15) is 4.98 Å². The molecule has 2 aromatic rings. The molecule has 0 aliphatic carbocycles. The van der Waals surface area contributed by atoms with Gasteiger partial charge in [0, 0.05) is 16.6 Å². The van der Waals surface area contributed by atoms with Gasteiger partial charge in [0.05, 0.1) is 6.61 Å². The van der Waals surface area contributed by atoms with Crippen molar-refractivity contribution in [2.75, 3.05) is 13.2 Å². The van der Waals surface area contributed by atoms with Crippen molar-refractivity contribution >= 4 is 15.9 Å². The average molecular weight is 312 g/mol. The van der Waals surface area contributed by atoms with Crippen LogP contribution in [0.2, 0.25) is 0 Å². The Labute approximate surface area is 113 Å². The minimum atomic E-state index is 0.285. The third-order valence-electron chi connectivity index (χ3n) is 2.32. The zero-order valence-electron chi connectivity index (χ0n) is 10.0. The van der Waals surface area contributed by atoms with Gasteiger partial charge in [-0.1, -0.05) is 27.2 Å². The summed E-state index contributed by atoms with van der Waals surface area (Å²) < 4.78 is 11.3. The summed E-state index contributed by atoms with van der Waals surface area (Å²) in [7, 11) is 0. The van der Waals surface area contributed by atoms with E-state index in [1.807, 2.05) is 25.1 Å². The lowest BCUT2D eigenvalue weighted by Gasteiger charge is -2.00. The van der Waals surface area contributed by atoms with Crippen LogP contribution >= 0.6 is 15.9 Å². The van der Waals surface area contributed by atoms with Crippen molar-refractivity contribution in [1.82, 2.24) is 10.1 Å². The molecule has 1 aromatic carbocycles. The molecule has 5 nitrogen and oxygen atoms in total. The van der Waals surface area contributed by atoms with Gasteiger partial charge in [-0.05, 0) is 24.6 Å². The van der Waals surface area contributed by atoms with Gasteiger partial charge in [-0.25, -0.2) is 0 Å². The number of aromatic nitrogens is 2. The predicted octanol–water partition coefficient (Wildman–Crippen LogP) is 2.28. The third kappa shape index (κ3) is 3.16. The molecule has 0 bridgehead atoms. The van der Waals surface area contributed by atoms with Crippen molar-refractivity contribution in [3.05, 3.63) is 34.1 Å². The van der Waals surface area contributed by atoms with E-state index in [2.05, 4.69) is 26.1 Å². The number of halogens is 1. The van der Waals surface area contributed by atoms with Crippen molar-refractivity contribution in [3.8, 4) is 11.4 Å². The Bertz CT molecular complexity index is 528. The van der Waals surface area contributed by atoms with Crippen LogP contribution in [0.5, 0.6) is 0 Å². The van der Waals surface area contributed by atoms with Crippen molar-refractivity contribution in [2.24, 2.45) is 5.73 Å². The largest absolute Gasteiger partial charge is 0.370 e. The van der Waals surface area contributed by atoms with Gasteiger partial charge in [0.2, 0.25) is 5.82 Å². The van der Waals surface area contributed by atoms with Gasteiger partial charge in [0.25, 0.3) is 5.89 Å². The molecule has 1 aromatic heterocycles. The van der Waals surface area contributed by atoms with Crippen LogP contribution in [0.3, 0.4) is 0 Å². The predicted molar refractivity (Wildman–Crippen MR) is 70.9 cm³/mol. The maximum Gasteiger partial charge on any atom is 0.252 e. The Hall–Kier alpha value is -1.24. The smallest absolute Gasteiger partial charge is 0.252 e. The fraction of sp³-hybridized carbons (Fsp3) is 0.333. The molecule has 0 fully saturated rings. The maximum atomic E-state index is 5.33. The van der Waals surface area contributed by atoms with Crippen molar-refractivity contribution < 1.29 is 9.26 Å². The highest BCUT2D eigenvalue weighted by atomic mass is 79.9. The van der Waals surface area contributed by atoms with Crippen LogP contribution in [0, 0.1) is 6.92 Å². The normalized spacial score (nSPS) is 10.8. The number of hydrogen-bond donors (Lipinski definition) is 1. The number of hydrogen-bond acceptors (Lipinski definition) is 5. The molecule has 18 heavy (non-hydrogen) atoms. The zero-order chi connectivity index (χ0) is 13.0. The lowest BCUT2D eigenvalue weighted by Crippen LogP contribution is -2.08. The summed E-state index contributed by atoms with van der Waals surface area (Å²) in [5.41, 5.74) is 7.39. The van der Waals surface area contributed by atoms with Crippen LogP contribution in [0.1, 0.15) is 11.5 Å². The number of aryl methyl sites for hydroxylation is 1. The summed E-state index contributed by atoms with van der Waals surface area (Å²) in [6, 6.07) is 5.96. The number of nitrogens with zero attached hydrogens (tertiary/aromatic N) is 2. The van der Waals surface area contributed by atoms with Crippen LogP contribution in [-0.4, -0.2) is 23.3 Å². The number of ether oxygens (including phenoxy) is 1. The molecule has 0 aliphatic rings. The minimum absolute atomic E-state index is 0.285. The van der Waals surface area contributed by atoms with Crippen LogP contribution in [0.4, 0.5) is 0 Å². The highest BCUT2D eigenvalue weighted by Gasteiger charge is 2.11. The Balaban J connectivity index is 2.13. The molecular weight excluding hydrogens is 298 g/mol. The topological polar surface area (TPSA) is 74.2 Å². The first kappa shape index (κ1) is 13.2. The Kier molecular flexibility index (Phi) is 4.46. The van der Waals surface area contributed by atoms with Gasteiger partial charge < -0.3 is 15.0 Å². The van der Waals surface area contributed by atoms with Gasteiger partial charge >= 0.3 is 0 Å². The lowest BCUT2D eigenvalue weighted by molar-refractivity contribution is 0.104. The fourth-order valence-electron chi connectivity index (χ4n) is 1.47. The molecule has 6 heteroatoms. The zero-order valence-corrected chi connectivity index (χ0v) is 11.6. The lowest BCUT2D eigenvalue weighted by atomic mass is 10.1. The highest BCUT2D eigenvalue weighted by molar-refractivity contribution is 9.10. The van der Waals surface area contributed by atoms with Crippen LogP contribution in [0.25, 0.3) is 11.4 Å². The summed E-state index contributed by atoms with van der Waals surface area (Å²) in [4.78, 5) is 4.27. The van der Waals surface area contributed by atoms with E-state index in [-0.39, 0.29) is 6.61 Å². The van der Waals surface area contributed by atoms with E-state index in [0.29, 0.717) is 24.9 Å². The molecule has 0 radical (unpaired) electrons. The van der Waals surface area contributed by atoms with Gasteiger partial charge in [-0.3, -0.25) is 0 Å². The van der Waals surface area contributed by atoms with E-state index in [4.69, 9.17) is 15.0 Å². The first-order valence-electron chi connectivity index (χ1n) is 5.57.